The molecule has 0 rings (SSSR count). The fourth-order valence-electron chi connectivity index (χ4n) is 0.574. The Bertz CT molecular complexity index is 130. The van der Waals surface area contributed by atoms with Crippen molar-refractivity contribution in [1.82, 2.24) is 0 Å². The van der Waals surface area contributed by atoms with E-state index in [-0.39, 0.29) is 0 Å². The summed E-state index contributed by atoms with van der Waals surface area (Å²) in [6.45, 7) is 4.40. The summed E-state index contributed by atoms with van der Waals surface area (Å²) in [5.74, 6) is 1.60. The molecule has 0 aromatic carbocycles. The molecule has 0 aliphatic carbocycles. The summed E-state index contributed by atoms with van der Waals surface area (Å²) in [4.78, 5) is 0. The van der Waals surface area contributed by atoms with Gasteiger partial charge in [-0.25, -0.2) is 0 Å². The number of thiocyanates is 1. The lowest BCUT2D eigenvalue weighted by molar-refractivity contribution is 0.651. The zero-order valence-electron chi connectivity index (χ0n) is 7.03. The third kappa shape index (κ3) is 5.77. The van der Waals surface area contributed by atoms with Gasteiger partial charge in [0.05, 0.1) is 0 Å². The highest BCUT2D eigenvalue weighted by Gasteiger charge is 2.13. The molecule has 0 aromatic heterocycles. The zero-order valence-corrected chi connectivity index (χ0v) is 9.48. The molecule has 0 radical (unpaired) electrons. The predicted molar refractivity (Wildman–Crippen MR) is 57.8 cm³/mol. The van der Waals surface area contributed by atoms with Gasteiger partial charge in [-0.3, -0.25) is 0 Å². The quantitative estimate of drug-likeness (QED) is 0.510. The number of nitrogens with zero attached hydrogens (tertiary/aromatic N) is 1. The van der Waals surface area contributed by atoms with Crippen LogP contribution in [0, 0.1) is 16.6 Å². The largest absolute Gasteiger partial charge is 0.185 e. The van der Waals surface area contributed by atoms with E-state index in [1.54, 1.807) is 10.8 Å². The Balaban J connectivity index is 3.62. The maximum Gasteiger partial charge on any atom is 0.133 e. The van der Waals surface area contributed by atoms with Gasteiger partial charge in [-0.05, 0) is 23.9 Å². The molecule has 0 aromatic rings. The van der Waals surface area contributed by atoms with Gasteiger partial charge in [0.1, 0.15) is 5.40 Å². The van der Waals surface area contributed by atoms with Crippen LogP contribution in [0.15, 0.2) is 0 Å². The van der Waals surface area contributed by atoms with E-state index in [1.165, 1.54) is 11.8 Å². The number of hydrogen-bond acceptors (Lipinski definition) is 4. The first-order valence-electron chi connectivity index (χ1n) is 3.42. The number of thioether (sulfide) groups is 1. The number of hydrogen-bond donors (Lipinski definition) is 0. The maximum atomic E-state index is 8.36. The van der Waals surface area contributed by atoms with Gasteiger partial charge >= 0.3 is 0 Å². The highest BCUT2D eigenvalue weighted by atomic mass is 33.1. The molecule has 0 saturated carbocycles. The molecule has 1 nitrogen and oxygen atoms in total. The van der Waals surface area contributed by atoms with Crippen molar-refractivity contribution in [3.05, 3.63) is 0 Å². The van der Waals surface area contributed by atoms with E-state index in [1.807, 2.05) is 10.8 Å². The summed E-state index contributed by atoms with van der Waals surface area (Å²) in [5.41, 5.74) is 0. The standard InChI is InChI=1S/C7H13NS3/c1-6(2)7(11-9-3)4-10-5-8/h6-7H,4H2,1-3H3. The lowest BCUT2D eigenvalue weighted by atomic mass is 10.1. The Morgan fingerprint density at radius 2 is 2.09 bits per heavy atom. The Labute approximate surface area is 81.1 Å². The van der Waals surface area contributed by atoms with Gasteiger partial charge in [0.15, 0.2) is 0 Å². The topological polar surface area (TPSA) is 23.8 Å². The van der Waals surface area contributed by atoms with Gasteiger partial charge in [-0.1, -0.05) is 35.4 Å². The minimum atomic E-state index is 0.606. The van der Waals surface area contributed by atoms with Crippen molar-refractivity contribution < 1.29 is 0 Å². The average Bonchev–Trinajstić information content (AvgIpc) is 1.97. The summed E-state index contributed by atoms with van der Waals surface area (Å²) in [5, 5.41) is 11.1. The van der Waals surface area contributed by atoms with Crippen molar-refractivity contribution in [2.75, 3.05) is 12.0 Å². The molecule has 0 saturated heterocycles. The van der Waals surface area contributed by atoms with Crippen LogP contribution in [0.5, 0.6) is 0 Å². The molecule has 0 N–H and O–H groups in total. The van der Waals surface area contributed by atoms with E-state index in [0.717, 1.165) is 5.75 Å². The van der Waals surface area contributed by atoms with Crippen LogP contribution in [-0.2, 0) is 0 Å². The van der Waals surface area contributed by atoms with Crippen LogP contribution >= 0.6 is 33.3 Å². The molecule has 0 bridgehead atoms. The fraction of sp³-hybridized carbons (Fsp3) is 0.857. The van der Waals surface area contributed by atoms with Gasteiger partial charge < -0.3 is 0 Å². The summed E-state index contributed by atoms with van der Waals surface area (Å²) >= 11 is 1.36. The predicted octanol–water partition coefficient (Wildman–Crippen LogP) is 3.24. The van der Waals surface area contributed by atoms with Crippen molar-refractivity contribution >= 4 is 33.3 Å². The second-order valence-corrected chi connectivity index (χ2v) is 5.96. The molecule has 0 fully saturated rings. The third-order valence-corrected chi connectivity index (χ3v) is 4.61. The Morgan fingerprint density at radius 1 is 1.45 bits per heavy atom. The molecule has 0 heterocycles. The number of nitriles is 1. The van der Waals surface area contributed by atoms with Crippen LogP contribution < -0.4 is 0 Å². The highest BCUT2D eigenvalue weighted by Crippen LogP contribution is 2.30. The molecule has 64 valence electrons. The molecule has 1 atom stereocenters. The van der Waals surface area contributed by atoms with Crippen LogP contribution in [0.4, 0.5) is 0 Å². The van der Waals surface area contributed by atoms with Crippen LogP contribution in [0.2, 0.25) is 0 Å². The second-order valence-electron chi connectivity index (χ2n) is 2.45. The summed E-state index contributed by atoms with van der Waals surface area (Å²) in [7, 11) is 3.65. The molecule has 0 amide bonds. The van der Waals surface area contributed by atoms with Crippen LogP contribution in [-0.4, -0.2) is 17.3 Å². The normalized spacial score (nSPS) is 13.0. The molecule has 11 heavy (non-hydrogen) atoms. The van der Waals surface area contributed by atoms with Gasteiger partial charge in [0, 0.05) is 11.0 Å². The monoisotopic (exact) mass is 207 g/mol. The van der Waals surface area contributed by atoms with Gasteiger partial charge in [-0.15, -0.1) is 0 Å². The van der Waals surface area contributed by atoms with Gasteiger partial charge in [0.2, 0.25) is 0 Å². The Morgan fingerprint density at radius 3 is 2.45 bits per heavy atom. The molecule has 1 unspecified atom stereocenters. The lowest BCUT2D eigenvalue weighted by Crippen LogP contribution is -2.12. The molecular formula is C7H13NS3. The van der Waals surface area contributed by atoms with Crippen molar-refractivity contribution in [2.45, 2.75) is 19.1 Å². The molecule has 0 aliphatic heterocycles. The van der Waals surface area contributed by atoms with E-state index in [2.05, 4.69) is 25.5 Å². The Hall–Kier alpha value is 0.540. The van der Waals surface area contributed by atoms with Crippen LogP contribution in [0.3, 0.4) is 0 Å². The summed E-state index contributed by atoms with van der Waals surface area (Å²) < 4.78 is 0. The molecule has 0 aliphatic rings. The zero-order chi connectivity index (χ0) is 8.69. The maximum absolute atomic E-state index is 8.36. The first-order valence-corrected chi connectivity index (χ1v) is 7.03. The third-order valence-electron chi connectivity index (χ3n) is 1.28. The summed E-state index contributed by atoms with van der Waals surface area (Å²) in [6.07, 6.45) is 2.08. The van der Waals surface area contributed by atoms with Crippen LogP contribution in [0.25, 0.3) is 0 Å². The van der Waals surface area contributed by atoms with Crippen molar-refractivity contribution in [2.24, 2.45) is 5.92 Å². The minimum Gasteiger partial charge on any atom is -0.185 e. The van der Waals surface area contributed by atoms with Crippen LogP contribution in [0.1, 0.15) is 13.8 Å². The SMILES string of the molecule is CSSC(CSC#N)C(C)C. The van der Waals surface area contributed by atoms with E-state index in [0.29, 0.717) is 11.2 Å². The van der Waals surface area contributed by atoms with Gasteiger partial charge in [0.25, 0.3) is 0 Å². The smallest absolute Gasteiger partial charge is 0.133 e. The van der Waals surface area contributed by atoms with E-state index >= 15 is 0 Å². The molecule has 4 heteroatoms. The van der Waals surface area contributed by atoms with Crippen molar-refractivity contribution in [3.63, 3.8) is 0 Å². The minimum absolute atomic E-state index is 0.606. The average molecular weight is 207 g/mol. The van der Waals surface area contributed by atoms with E-state index < -0.39 is 0 Å². The molecular weight excluding hydrogens is 194 g/mol. The first-order chi connectivity index (χ1) is 5.22. The van der Waals surface area contributed by atoms with Crippen molar-refractivity contribution in [3.8, 4) is 5.40 Å². The van der Waals surface area contributed by atoms with E-state index in [9.17, 15) is 0 Å². The second kappa shape index (κ2) is 7.20. The molecule has 0 spiro atoms. The number of rotatable bonds is 5. The summed E-state index contributed by atoms with van der Waals surface area (Å²) in [6, 6.07) is 0. The lowest BCUT2D eigenvalue weighted by Gasteiger charge is -2.16. The van der Waals surface area contributed by atoms with Gasteiger partial charge in [-0.2, -0.15) is 5.26 Å². The van der Waals surface area contributed by atoms with E-state index in [4.69, 9.17) is 5.26 Å². The van der Waals surface area contributed by atoms with Crippen molar-refractivity contribution in [1.29, 1.82) is 5.26 Å². The Kier molecular flexibility index (Phi) is 7.56. The highest BCUT2D eigenvalue weighted by molar-refractivity contribution is 8.76. The fourth-order valence-corrected chi connectivity index (χ4v) is 4.00. The first kappa shape index (κ1) is 11.5.